The van der Waals surface area contributed by atoms with Crippen molar-refractivity contribution in [3.8, 4) is 0 Å². The lowest BCUT2D eigenvalue weighted by Gasteiger charge is -2.08. The molecule has 2 aromatic rings. The van der Waals surface area contributed by atoms with Gasteiger partial charge in [-0.2, -0.15) is 0 Å². The molecule has 0 saturated heterocycles. The SMILES string of the molecule is O=C(CCNS(=O)(=O)c1ccc(F)c(F)c1)NCCCc1ccccc1. The van der Waals surface area contributed by atoms with E-state index in [-0.39, 0.29) is 23.8 Å². The second kappa shape index (κ2) is 9.40. The quantitative estimate of drug-likeness (QED) is 0.654. The maximum Gasteiger partial charge on any atom is 0.240 e. The van der Waals surface area contributed by atoms with Gasteiger partial charge in [-0.15, -0.1) is 0 Å². The number of sulfonamides is 1. The third-order valence-corrected chi connectivity index (χ3v) is 5.11. The Balaban J connectivity index is 1.69. The first kappa shape index (κ1) is 20.0. The second-order valence-corrected chi connectivity index (χ2v) is 7.43. The Morgan fingerprint density at radius 2 is 1.69 bits per heavy atom. The van der Waals surface area contributed by atoms with Gasteiger partial charge >= 0.3 is 0 Å². The third kappa shape index (κ3) is 6.20. The van der Waals surface area contributed by atoms with Gasteiger partial charge in [0.25, 0.3) is 0 Å². The Kier molecular flexibility index (Phi) is 7.23. The van der Waals surface area contributed by atoms with Gasteiger partial charge in [-0.3, -0.25) is 4.79 Å². The van der Waals surface area contributed by atoms with Crippen LogP contribution in [0.25, 0.3) is 0 Å². The van der Waals surface area contributed by atoms with Crippen LogP contribution in [-0.2, 0) is 21.2 Å². The maximum atomic E-state index is 13.1. The molecule has 0 fully saturated rings. The summed E-state index contributed by atoms with van der Waals surface area (Å²) in [5.74, 6) is -2.66. The molecule has 2 N–H and O–H groups in total. The minimum atomic E-state index is -3.99. The predicted molar refractivity (Wildman–Crippen MR) is 93.9 cm³/mol. The van der Waals surface area contributed by atoms with Crippen molar-refractivity contribution in [2.75, 3.05) is 13.1 Å². The fourth-order valence-corrected chi connectivity index (χ4v) is 3.32. The zero-order chi connectivity index (χ0) is 19.0. The van der Waals surface area contributed by atoms with Crippen LogP contribution in [-0.4, -0.2) is 27.4 Å². The first-order chi connectivity index (χ1) is 12.4. The topological polar surface area (TPSA) is 75.3 Å². The molecule has 1 amide bonds. The van der Waals surface area contributed by atoms with Crippen molar-refractivity contribution in [2.24, 2.45) is 0 Å². The Hall–Kier alpha value is -2.32. The van der Waals surface area contributed by atoms with Crippen molar-refractivity contribution >= 4 is 15.9 Å². The number of amides is 1. The molecule has 0 heterocycles. The predicted octanol–water partition coefficient (Wildman–Crippen LogP) is 2.38. The molecular weight excluding hydrogens is 362 g/mol. The van der Waals surface area contributed by atoms with E-state index in [2.05, 4.69) is 10.0 Å². The number of halogens is 2. The third-order valence-electron chi connectivity index (χ3n) is 3.65. The average Bonchev–Trinajstić information content (AvgIpc) is 2.62. The van der Waals surface area contributed by atoms with E-state index in [1.165, 1.54) is 5.56 Å². The summed E-state index contributed by atoms with van der Waals surface area (Å²) < 4.78 is 52.1. The van der Waals surface area contributed by atoms with E-state index in [0.29, 0.717) is 12.6 Å². The van der Waals surface area contributed by atoms with Gasteiger partial charge in [0.15, 0.2) is 11.6 Å². The van der Waals surface area contributed by atoms with E-state index >= 15 is 0 Å². The van der Waals surface area contributed by atoms with Gasteiger partial charge in [0.1, 0.15) is 0 Å². The van der Waals surface area contributed by atoms with Crippen LogP contribution in [0.15, 0.2) is 53.4 Å². The van der Waals surface area contributed by atoms with E-state index < -0.39 is 21.7 Å². The number of carbonyl (C=O) groups excluding carboxylic acids is 1. The molecule has 2 rings (SSSR count). The summed E-state index contributed by atoms with van der Waals surface area (Å²) in [4.78, 5) is 11.3. The molecule has 0 aliphatic heterocycles. The van der Waals surface area contributed by atoms with E-state index in [4.69, 9.17) is 0 Å². The summed E-state index contributed by atoms with van der Waals surface area (Å²) in [6, 6.07) is 12.2. The lowest BCUT2D eigenvalue weighted by Crippen LogP contribution is -2.31. The minimum Gasteiger partial charge on any atom is -0.356 e. The highest BCUT2D eigenvalue weighted by Gasteiger charge is 2.16. The Morgan fingerprint density at radius 3 is 2.38 bits per heavy atom. The molecule has 0 atom stereocenters. The molecule has 5 nitrogen and oxygen atoms in total. The molecule has 0 unspecified atom stereocenters. The first-order valence-electron chi connectivity index (χ1n) is 8.14. The van der Waals surface area contributed by atoms with Crippen LogP contribution in [0.5, 0.6) is 0 Å². The summed E-state index contributed by atoms with van der Waals surface area (Å²) in [5.41, 5.74) is 1.18. The van der Waals surface area contributed by atoms with Gasteiger partial charge in [-0.25, -0.2) is 21.9 Å². The van der Waals surface area contributed by atoms with Crippen LogP contribution in [0, 0.1) is 11.6 Å². The van der Waals surface area contributed by atoms with Crippen LogP contribution >= 0.6 is 0 Å². The molecule has 0 spiro atoms. The number of benzene rings is 2. The average molecular weight is 382 g/mol. The van der Waals surface area contributed by atoms with Crippen LogP contribution in [0.2, 0.25) is 0 Å². The number of aryl methyl sites for hydroxylation is 1. The van der Waals surface area contributed by atoms with Gasteiger partial charge in [0.2, 0.25) is 15.9 Å². The lowest BCUT2D eigenvalue weighted by molar-refractivity contribution is -0.120. The highest BCUT2D eigenvalue weighted by Crippen LogP contribution is 2.13. The Labute approximate surface area is 151 Å². The monoisotopic (exact) mass is 382 g/mol. The summed E-state index contributed by atoms with van der Waals surface area (Å²) in [5, 5.41) is 2.71. The molecule has 0 aromatic heterocycles. The van der Waals surface area contributed by atoms with Crippen molar-refractivity contribution in [3.05, 3.63) is 65.7 Å². The standard InChI is InChI=1S/C18H20F2N2O3S/c19-16-9-8-15(13-17(16)20)26(24,25)22-12-10-18(23)21-11-4-7-14-5-2-1-3-6-14/h1-3,5-6,8-9,13,22H,4,7,10-12H2,(H,21,23). The summed E-state index contributed by atoms with van der Waals surface area (Å²) in [6.07, 6.45) is 1.56. The first-order valence-corrected chi connectivity index (χ1v) is 9.62. The summed E-state index contributed by atoms with van der Waals surface area (Å²) >= 11 is 0. The van der Waals surface area contributed by atoms with Crippen LogP contribution in [0.3, 0.4) is 0 Å². The normalized spacial score (nSPS) is 11.3. The molecule has 0 aliphatic rings. The molecule has 140 valence electrons. The maximum absolute atomic E-state index is 13.1. The van der Waals surface area contributed by atoms with Crippen LogP contribution < -0.4 is 10.0 Å². The fourth-order valence-electron chi connectivity index (χ4n) is 2.28. The summed E-state index contributed by atoms with van der Waals surface area (Å²) in [6.45, 7) is 0.357. The fraction of sp³-hybridized carbons (Fsp3) is 0.278. The smallest absolute Gasteiger partial charge is 0.240 e. The molecule has 0 bridgehead atoms. The number of hydrogen-bond acceptors (Lipinski definition) is 3. The largest absolute Gasteiger partial charge is 0.356 e. The van der Waals surface area contributed by atoms with Gasteiger partial charge < -0.3 is 5.32 Å². The molecule has 26 heavy (non-hydrogen) atoms. The van der Waals surface area contributed by atoms with E-state index in [0.717, 1.165) is 25.0 Å². The van der Waals surface area contributed by atoms with E-state index in [9.17, 15) is 22.0 Å². The van der Waals surface area contributed by atoms with Crippen molar-refractivity contribution < 1.29 is 22.0 Å². The Bertz CT molecular complexity index is 843. The van der Waals surface area contributed by atoms with E-state index in [1.54, 1.807) is 0 Å². The van der Waals surface area contributed by atoms with Crippen molar-refractivity contribution in [1.29, 1.82) is 0 Å². The van der Waals surface area contributed by atoms with E-state index in [1.807, 2.05) is 30.3 Å². The van der Waals surface area contributed by atoms with Crippen molar-refractivity contribution in [1.82, 2.24) is 10.0 Å². The van der Waals surface area contributed by atoms with Crippen LogP contribution in [0.1, 0.15) is 18.4 Å². The molecule has 0 radical (unpaired) electrons. The second-order valence-electron chi connectivity index (χ2n) is 5.66. The van der Waals surface area contributed by atoms with Crippen molar-refractivity contribution in [2.45, 2.75) is 24.2 Å². The highest BCUT2D eigenvalue weighted by atomic mass is 32.2. The van der Waals surface area contributed by atoms with Crippen LogP contribution in [0.4, 0.5) is 8.78 Å². The van der Waals surface area contributed by atoms with Crippen molar-refractivity contribution in [3.63, 3.8) is 0 Å². The number of hydrogen-bond donors (Lipinski definition) is 2. The highest BCUT2D eigenvalue weighted by molar-refractivity contribution is 7.89. The van der Waals surface area contributed by atoms with Gasteiger partial charge in [0.05, 0.1) is 4.90 Å². The minimum absolute atomic E-state index is 0.0474. The van der Waals surface area contributed by atoms with Gasteiger partial charge in [-0.05, 0) is 36.6 Å². The summed E-state index contributed by atoms with van der Waals surface area (Å²) in [7, 11) is -3.99. The lowest BCUT2D eigenvalue weighted by atomic mass is 10.1. The molecule has 2 aromatic carbocycles. The van der Waals surface area contributed by atoms with Gasteiger partial charge in [0, 0.05) is 19.5 Å². The molecular formula is C18H20F2N2O3S. The number of carbonyl (C=O) groups is 1. The molecule has 0 aliphatic carbocycles. The zero-order valence-corrected chi connectivity index (χ0v) is 14.9. The molecule has 0 saturated carbocycles. The number of nitrogens with one attached hydrogen (secondary N) is 2. The Morgan fingerprint density at radius 1 is 0.962 bits per heavy atom. The molecule has 8 heteroatoms. The number of rotatable bonds is 9. The zero-order valence-electron chi connectivity index (χ0n) is 14.0. The van der Waals surface area contributed by atoms with Gasteiger partial charge in [-0.1, -0.05) is 30.3 Å².